The van der Waals surface area contributed by atoms with Crippen LogP contribution >= 0.6 is 11.8 Å². The molecule has 0 spiro atoms. The van der Waals surface area contributed by atoms with Gasteiger partial charge in [-0.15, -0.1) is 6.58 Å². The Bertz CT molecular complexity index is 115. The van der Waals surface area contributed by atoms with Crippen molar-refractivity contribution >= 4 is 11.8 Å². The normalized spacial score (nSPS) is 12.8. The van der Waals surface area contributed by atoms with E-state index < -0.39 is 0 Å². The topological polar surface area (TPSA) is 20.2 Å². The fraction of sp³-hybridized carbons (Fsp3) is 0.818. The van der Waals surface area contributed by atoms with Crippen molar-refractivity contribution in [3.8, 4) is 0 Å². The molecular weight excluding hydrogens is 180 g/mol. The quantitative estimate of drug-likeness (QED) is 0.457. The first-order valence-electron chi connectivity index (χ1n) is 5.14. The maximum absolute atomic E-state index is 8.68. The molecular formula is C11H22OS. The molecule has 13 heavy (non-hydrogen) atoms. The van der Waals surface area contributed by atoms with Gasteiger partial charge < -0.3 is 5.11 Å². The van der Waals surface area contributed by atoms with Crippen LogP contribution in [0.25, 0.3) is 0 Å². The summed E-state index contributed by atoms with van der Waals surface area (Å²) in [5.74, 6) is 1.23. The summed E-state index contributed by atoms with van der Waals surface area (Å²) in [7, 11) is 0. The lowest BCUT2D eigenvalue weighted by Crippen LogP contribution is -2.00. The lowest BCUT2D eigenvalue weighted by Gasteiger charge is -2.08. The number of thioether (sulfide) groups is 1. The third kappa shape index (κ3) is 9.97. The van der Waals surface area contributed by atoms with Gasteiger partial charge >= 0.3 is 0 Å². The highest BCUT2D eigenvalue weighted by molar-refractivity contribution is 7.99. The van der Waals surface area contributed by atoms with Gasteiger partial charge in [0.15, 0.2) is 0 Å². The molecule has 0 aromatic heterocycles. The van der Waals surface area contributed by atoms with E-state index >= 15 is 0 Å². The number of unbranched alkanes of at least 4 members (excludes halogenated alkanes) is 3. The molecule has 0 aliphatic rings. The Balaban J connectivity index is 3.01. The van der Waals surface area contributed by atoms with Crippen molar-refractivity contribution in [2.45, 2.75) is 44.3 Å². The number of hydrogen-bond donors (Lipinski definition) is 1. The van der Waals surface area contributed by atoms with Gasteiger partial charge in [0, 0.05) is 11.9 Å². The van der Waals surface area contributed by atoms with Gasteiger partial charge in [-0.2, -0.15) is 11.8 Å². The highest BCUT2D eigenvalue weighted by atomic mass is 32.2. The molecule has 0 rings (SSSR count). The molecule has 1 unspecified atom stereocenters. The number of aliphatic hydroxyl groups excluding tert-OH is 1. The van der Waals surface area contributed by atoms with Crippen molar-refractivity contribution in [2.75, 3.05) is 12.4 Å². The molecule has 0 aromatic carbocycles. The van der Waals surface area contributed by atoms with Crippen LogP contribution in [0.2, 0.25) is 0 Å². The Kier molecular flexibility index (Phi) is 10.2. The van der Waals surface area contributed by atoms with E-state index in [0.29, 0.717) is 11.9 Å². The van der Waals surface area contributed by atoms with Gasteiger partial charge in [-0.05, 0) is 31.4 Å². The number of aliphatic hydroxyl groups is 1. The smallest absolute Gasteiger partial charge is 0.0441 e. The highest BCUT2D eigenvalue weighted by Crippen LogP contribution is 2.16. The van der Waals surface area contributed by atoms with Crippen molar-refractivity contribution in [1.29, 1.82) is 0 Å². The largest absolute Gasteiger partial charge is 0.396 e. The first-order chi connectivity index (χ1) is 6.31. The molecule has 0 aliphatic carbocycles. The summed E-state index contributed by atoms with van der Waals surface area (Å²) in [4.78, 5) is 0. The molecule has 0 amide bonds. The van der Waals surface area contributed by atoms with Crippen LogP contribution in [-0.2, 0) is 0 Å². The van der Waals surface area contributed by atoms with Crippen molar-refractivity contribution in [3.05, 3.63) is 12.7 Å². The number of allylic oxidation sites excluding steroid dienone is 1. The summed E-state index contributed by atoms with van der Waals surface area (Å²) in [5.41, 5.74) is 0. The van der Waals surface area contributed by atoms with Gasteiger partial charge in [0.2, 0.25) is 0 Å². The summed E-state index contributed by atoms with van der Waals surface area (Å²) in [5, 5.41) is 9.30. The van der Waals surface area contributed by atoms with Crippen LogP contribution in [0.5, 0.6) is 0 Å². The van der Waals surface area contributed by atoms with Gasteiger partial charge in [0.1, 0.15) is 0 Å². The molecule has 78 valence electrons. The molecule has 0 saturated carbocycles. The van der Waals surface area contributed by atoms with Gasteiger partial charge in [0.05, 0.1) is 0 Å². The SMILES string of the molecule is C=CCCCCCSC(C)CCO. The van der Waals surface area contributed by atoms with Crippen molar-refractivity contribution in [2.24, 2.45) is 0 Å². The Morgan fingerprint density at radius 3 is 2.77 bits per heavy atom. The summed E-state index contributed by atoms with van der Waals surface area (Å²) >= 11 is 1.97. The van der Waals surface area contributed by atoms with Gasteiger partial charge in [-0.1, -0.05) is 19.4 Å². The Labute approximate surface area is 86.6 Å². The fourth-order valence-electron chi connectivity index (χ4n) is 1.12. The maximum atomic E-state index is 8.68. The molecule has 1 N–H and O–H groups in total. The minimum Gasteiger partial charge on any atom is -0.396 e. The molecule has 2 heteroatoms. The van der Waals surface area contributed by atoms with E-state index in [1.807, 2.05) is 17.8 Å². The molecule has 1 nitrogen and oxygen atoms in total. The molecule has 0 aliphatic heterocycles. The Morgan fingerprint density at radius 1 is 1.38 bits per heavy atom. The molecule has 1 atom stereocenters. The van der Waals surface area contributed by atoms with Crippen LogP contribution in [0.1, 0.15) is 39.0 Å². The molecule has 0 fully saturated rings. The van der Waals surface area contributed by atoms with Gasteiger partial charge in [-0.25, -0.2) is 0 Å². The average Bonchev–Trinajstić information content (AvgIpc) is 2.11. The zero-order valence-electron chi connectivity index (χ0n) is 8.67. The van der Waals surface area contributed by atoms with E-state index in [-0.39, 0.29) is 0 Å². The Morgan fingerprint density at radius 2 is 2.15 bits per heavy atom. The van der Waals surface area contributed by atoms with Crippen LogP contribution in [-0.4, -0.2) is 22.7 Å². The van der Waals surface area contributed by atoms with E-state index in [0.717, 1.165) is 12.8 Å². The van der Waals surface area contributed by atoms with Crippen LogP contribution in [0.4, 0.5) is 0 Å². The standard InChI is InChI=1S/C11H22OS/c1-3-4-5-6-7-10-13-11(2)8-9-12/h3,11-12H,1,4-10H2,2H3. The van der Waals surface area contributed by atoms with Crippen LogP contribution in [0.15, 0.2) is 12.7 Å². The third-order valence-corrected chi connectivity index (χ3v) is 3.32. The van der Waals surface area contributed by atoms with Crippen LogP contribution in [0.3, 0.4) is 0 Å². The lowest BCUT2D eigenvalue weighted by atomic mass is 10.2. The Hall–Kier alpha value is 0.0500. The second kappa shape index (κ2) is 10.1. The molecule has 0 bridgehead atoms. The average molecular weight is 202 g/mol. The van der Waals surface area contributed by atoms with Gasteiger partial charge in [-0.3, -0.25) is 0 Å². The first-order valence-corrected chi connectivity index (χ1v) is 6.19. The first kappa shape index (κ1) is 13.1. The molecule has 0 aromatic rings. The fourth-order valence-corrected chi connectivity index (χ4v) is 2.16. The zero-order valence-corrected chi connectivity index (χ0v) is 9.48. The van der Waals surface area contributed by atoms with E-state index in [1.165, 1.54) is 25.0 Å². The summed E-state index contributed by atoms with van der Waals surface area (Å²) < 4.78 is 0. The number of rotatable bonds is 9. The zero-order chi connectivity index (χ0) is 9.94. The van der Waals surface area contributed by atoms with E-state index in [2.05, 4.69) is 13.5 Å². The molecule has 0 radical (unpaired) electrons. The maximum Gasteiger partial charge on any atom is 0.0441 e. The molecule has 0 saturated heterocycles. The summed E-state index contributed by atoms with van der Waals surface area (Å²) in [6, 6.07) is 0. The van der Waals surface area contributed by atoms with Crippen molar-refractivity contribution < 1.29 is 5.11 Å². The summed E-state index contributed by atoms with van der Waals surface area (Å²) in [6.45, 7) is 6.21. The molecule has 0 heterocycles. The van der Waals surface area contributed by atoms with E-state index in [1.54, 1.807) is 0 Å². The van der Waals surface area contributed by atoms with E-state index in [9.17, 15) is 0 Å². The summed E-state index contributed by atoms with van der Waals surface area (Å²) in [6.07, 6.45) is 7.95. The third-order valence-electron chi connectivity index (χ3n) is 1.99. The van der Waals surface area contributed by atoms with Crippen LogP contribution in [0, 0.1) is 0 Å². The second-order valence-corrected chi connectivity index (χ2v) is 4.88. The second-order valence-electron chi connectivity index (χ2n) is 3.33. The van der Waals surface area contributed by atoms with Crippen LogP contribution < -0.4 is 0 Å². The van der Waals surface area contributed by atoms with Crippen molar-refractivity contribution in [3.63, 3.8) is 0 Å². The highest BCUT2D eigenvalue weighted by Gasteiger charge is 2.00. The predicted molar refractivity (Wildman–Crippen MR) is 62.3 cm³/mol. The van der Waals surface area contributed by atoms with Gasteiger partial charge in [0.25, 0.3) is 0 Å². The van der Waals surface area contributed by atoms with E-state index in [4.69, 9.17) is 5.11 Å². The van der Waals surface area contributed by atoms with Crippen molar-refractivity contribution in [1.82, 2.24) is 0 Å². The minimum absolute atomic E-state index is 0.324. The number of hydrogen-bond acceptors (Lipinski definition) is 2. The predicted octanol–water partition coefficient (Wildman–Crippen LogP) is 3.24. The lowest BCUT2D eigenvalue weighted by molar-refractivity contribution is 0.289. The monoisotopic (exact) mass is 202 g/mol. The minimum atomic E-state index is 0.324.